The summed E-state index contributed by atoms with van der Waals surface area (Å²) in [6, 6.07) is 2.49. The Morgan fingerprint density at radius 2 is 2.02 bits per heavy atom. The van der Waals surface area contributed by atoms with Crippen LogP contribution >= 0.6 is 22.6 Å². The molecule has 1 aromatic carbocycles. The SMILES string of the molecule is CCC=CC(=O)N(C[C@@H]1CC[C@H]2C[C@@H]1C2(C)C)[C@@H]1CC(C(=O)NCCO)=C[C@H](Oc2c(I)cc(C=O)cc2OC)[C@H]1O. The lowest BCUT2D eigenvalue weighted by atomic mass is 9.45. The number of aliphatic hydroxyl groups excluding tert-OH is 2. The zero-order chi connectivity index (χ0) is 30.6. The number of carbonyl (C=O) groups is 3. The van der Waals surface area contributed by atoms with Gasteiger partial charge in [-0.3, -0.25) is 14.4 Å². The summed E-state index contributed by atoms with van der Waals surface area (Å²) in [6.07, 6.45) is 7.71. The Labute approximate surface area is 261 Å². The number of amides is 2. The average Bonchev–Trinajstić information content (AvgIpc) is 2.99. The summed E-state index contributed by atoms with van der Waals surface area (Å²) in [4.78, 5) is 40.1. The monoisotopic (exact) mass is 694 g/mol. The highest BCUT2D eigenvalue weighted by atomic mass is 127. The van der Waals surface area contributed by atoms with Gasteiger partial charge in [-0.15, -0.1) is 0 Å². The van der Waals surface area contributed by atoms with Crippen LogP contribution in [0, 0.1) is 26.7 Å². The van der Waals surface area contributed by atoms with E-state index in [-0.39, 0.29) is 36.8 Å². The summed E-state index contributed by atoms with van der Waals surface area (Å²) in [6.45, 7) is 6.95. The van der Waals surface area contributed by atoms with E-state index in [1.807, 2.05) is 35.6 Å². The summed E-state index contributed by atoms with van der Waals surface area (Å²) < 4.78 is 12.4. The van der Waals surface area contributed by atoms with Gasteiger partial charge in [0.25, 0.3) is 0 Å². The zero-order valence-corrected chi connectivity index (χ0v) is 27.0. The second-order valence-corrected chi connectivity index (χ2v) is 13.3. The summed E-state index contributed by atoms with van der Waals surface area (Å²) in [5, 5.41) is 23.8. The zero-order valence-electron chi connectivity index (χ0n) is 24.8. The number of fused-ring (bicyclic) bond motifs is 2. The largest absolute Gasteiger partial charge is 0.493 e. The number of halogens is 1. The second kappa shape index (κ2) is 13.9. The molecule has 3 saturated carbocycles. The van der Waals surface area contributed by atoms with Crippen LogP contribution in [0.5, 0.6) is 11.5 Å². The number of nitrogens with zero attached hydrogens (tertiary/aromatic N) is 1. The number of rotatable bonds is 12. The van der Waals surface area contributed by atoms with Crippen molar-refractivity contribution in [1.82, 2.24) is 10.2 Å². The van der Waals surface area contributed by atoms with Crippen LogP contribution in [0.1, 0.15) is 63.2 Å². The van der Waals surface area contributed by atoms with Crippen molar-refractivity contribution in [3.8, 4) is 11.5 Å². The molecule has 5 rings (SSSR count). The van der Waals surface area contributed by atoms with Gasteiger partial charge in [0.1, 0.15) is 18.5 Å². The van der Waals surface area contributed by atoms with Crippen molar-refractivity contribution in [1.29, 1.82) is 0 Å². The molecule has 2 amide bonds. The Balaban J connectivity index is 1.70. The fourth-order valence-corrected chi connectivity index (χ4v) is 7.73. The number of ether oxygens (including phenoxy) is 2. The van der Waals surface area contributed by atoms with Crippen LogP contribution in [0.4, 0.5) is 0 Å². The molecule has 2 bridgehead atoms. The first-order chi connectivity index (χ1) is 20.0. The third kappa shape index (κ3) is 6.70. The van der Waals surface area contributed by atoms with Crippen LogP contribution in [0.2, 0.25) is 0 Å². The Morgan fingerprint density at radius 1 is 1.26 bits per heavy atom. The van der Waals surface area contributed by atoms with E-state index in [9.17, 15) is 24.6 Å². The van der Waals surface area contributed by atoms with Gasteiger partial charge >= 0.3 is 0 Å². The number of methoxy groups -OCH3 is 1. The molecular weight excluding hydrogens is 651 g/mol. The minimum atomic E-state index is -1.14. The van der Waals surface area contributed by atoms with E-state index in [1.54, 1.807) is 29.2 Å². The van der Waals surface area contributed by atoms with Gasteiger partial charge in [0.05, 0.1) is 23.3 Å². The van der Waals surface area contributed by atoms with Crippen molar-refractivity contribution in [2.24, 2.45) is 23.2 Å². The smallest absolute Gasteiger partial charge is 0.247 e. The van der Waals surface area contributed by atoms with Crippen molar-refractivity contribution in [2.75, 3.05) is 26.8 Å². The lowest BCUT2D eigenvalue weighted by Gasteiger charge is -2.61. The predicted octanol–water partition coefficient (Wildman–Crippen LogP) is 3.89. The van der Waals surface area contributed by atoms with Crippen LogP contribution < -0.4 is 14.8 Å². The first-order valence-electron chi connectivity index (χ1n) is 14.8. The molecule has 6 atom stereocenters. The van der Waals surface area contributed by atoms with Crippen LogP contribution in [0.3, 0.4) is 0 Å². The number of aldehydes is 1. The number of benzene rings is 1. The normalized spacial score (nSPS) is 27.9. The number of aliphatic hydroxyl groups is 2. The first kappa shape index (κ1) is 32.5. The van der Waals surface area contributed by atoms with E-state index < -0.39 is 18.2 Å². The Morgan fingerprint density at radius 3 is 2.64 bits per heavy atom. The van der Waals surface area contributed by atoms with Crippen LogP contribution in [0.15, 0.2) is 35.9 Å². The quantitative estimate of drug-likeness (QED) is 0.172. The minimum Gasteiger partial charge on any atom is -0.493 e. The third-order valence-corrected chi connectivity index (χ3v) is 10.3. The predicted molar refractivity (Wildman–Crippen MR) is 167 cm³/mol. The van der Waals surface area contributed by atoms with Gasteiger partial charge in [-0.2, -0.15) is 0 Å². The fourth-order valence-electron chi connectivity index (χ4n) is 6.97. The van der Waals surface area contributed by atoms with Crippen molar-refractivity contribution >= 4 is 40.7 Å². The van der Waals surface area contributed by atoms with Gasteiger partial charge in [0.15, 0.2) is 11.5 Å². The van der Waals surface area contributed by atoms with Crippen molar-refractivity contribution in [3.63, 3.8) is 0 Å². The van der Waals surface area contributed by atoms with Gasteiger partial charge in [-0.25, -0.2) is 0 Å². The molecule has 0 aliphatic heterocycles. The minimum absolute atomic E-state index is 0.0790. The molecule has 4 aliphatic carbocycles. The summed E-state index contributed by atoms with van der Waals surface area (Å²) in [5.41, 5.74) is 1.01. The number of hydrogen-bond acceptors (Lipinski definition) is 7. The molecule has 230 valence electrons. The van der Waals surface area contributed by atoms with Gasteiger partial charge in [-0.1, -0.05) is 26.8 Å². The second-order valence-electron chi connectivity index (χ2n) is 12.2. The maximum atomic E-state index is 13.7. The molecule has 4 aliphatic rings. The van der Waals surface area contributed by atoms with E-state index in [4.69, 9.17) is 9.47 Å². The van der Waals surface area contributed by atoms with Crippen molar-refractivity contribution < 1.29 is 34.1 Å². The average molecular weight is 695 g/mol. The Kier molecular flexibility index (Phi) is 10.7. The highest BCUT2D eigenvalue weighted by molar-refractivity contribution is 14.1. The Hall–Kier alpha value is -2.44. The lowest BCUT2D eigenvalue weighted by Crippen LogP contribution is -2.59. The fraction of sp³-hybridized carbons (Fsp3) is 0.594. The third-order valence-electron chi connectivity index (χ3n) is 9.47. The van der Waals surface area contributed by atoms with Gasteiger partial charge in [0, 0.05) is 30.6 Å². The number of nitrogens with one attached hydrogen (secondary N) is 1. The molecule has 9 nitrogen and oxygen atoms in total. The molecule has 0 saturated heterocycles. The molecule has 0 heterocycles. The Bertz CT molecular complexity index is 1230. The first-order valence-corrected chi connectivity index (χ1v) is 15.9. The topological polar surface area (TPSA) is 125 Å². The maximum absolute atomic E-state index is 13.7. The number of carbonyl (C=O) groups excluding carboxylic acids is 3. The molecule has 0 aromatic heterocycles. The van der Waals surface area contributed by atoms with Gasteiger partial charge < -0.3 is 29.9 Å². The highest BCUT2D eigenvalue weighted by Crippen LogP contribution is 2.61. The summed E-state index contributed by atoms with van der Waals surface area (Å²) in [7, 11) is 1.47. The van der Waals surface area contributed by atoms with Gasteiger partial charge in [0.2, 0.25) is 11.8 Å². The standard InChI is InChI=1S/C32H43IN2O7/c1-5-6-7-28(38)35(17-20-8-9-22-16-23(20)32(22,2)3)25-14-21(31(40)34-10-11-36)15-26(29(25)39)42-30-24(33)12-19(18-37)13-27(30)41-4/h6-7,12-13,15,18,20,22-23,25-26,29,36,39H,5,8-11,14,16-17H2,1-4H3,(H,34,40)/t20-,22-,23-,25+,26-,29-/m0/s1. The van der Waals surface area contributed by atoms with Crippen LogP contribution in [-0.2, 0) is 9.59 Å². The highest BCUT2D eigenvalue weighted by Gasteiger charge is 2.55. The van der Waals surface area contributed by atoms with E-state index in [1.165, 1.54) is 7.11 Å². The number of hydrogen-bond donors (Lipinski definition) is 3. The molecule has 0 spiro atoms. The molecule has 1 aromatic rings. The summed E-state index contributed by atoms with van der Waals surface area (Å²) in [5.74, 6) is 1.58. The molecule has 3 N–H and O–H groups in total. The molecule has 10 heteroatoms. The summed E-state index contributed by atoms with van der Waals surface area (Å²) >= 11 is 2.04. The van der Waals surface area contributed by atoms with E-state index in [0.29, 0.717) is 63.2 Å². The molecule has 0 unspecified atom stereocenters. The lowest BCUT2D eigenvalue weighted by molar-refractivity contribution is -0.143. The van der Waals surface area contributed by atoms with E-state index >= 15 is 0 Å². The van der Waals surface area contributed by atoms with Gasteiger partial charge in [-0.05, 0) is 95.7 Å². The maximum Gasteiger partial charge on any atom is 0.247 e. The van der Waals surface area contributed by atoms with E-state index in [2.05, 4.69) is 19.2 Å². The molecule has 0 radical (unpaired) electrons. The van der Waals surface area contributed by atoms with Crippen molar-refractivity contribution in [3.05, 3.63) is 45.1 Å². The molecule has 42 heavy (non-hydrogen) atoms. The van der Waals surface area contributed by atoms with Crippen LogP contribution in [-0.4, -0.2) is 78.3 Å². The molecular formula is C32H43IN2O7. The van der Waals surface area contributed by atoms with Crippen LogP contribution in [0.25, 0.3) is 0 Å². The number of allylic oxidation sites excluding steroid dienone is 1. The van der Waals surface area contributed by atoms with Crippen molar-refractivity contribution in [2.45, 2.75) is 71.1 Å². The van der Waals surface area contributed by atoms with E-state index in [0.717, 1.165) is 19.3 Å². The molecule has 3 fully saturated rings.